The van der Waals surface area contributed by atoms with Crippen molar-refractivity contribution in [1.29, 1.82) is 0 Å². The van der Waals surface area contributed by atoms with Gasteiger partial charge in [0.05, 0.1) is 0 Å². The molecule has 1 fully saturated rings. The second kappa shape index (κ2) is 4.79. The largest absolute Gasteiger partial charge is 0.304 e. The van der Waals surface area contributed by atoms with Crippen molar-refractivity contribution < 1.29 is 0 Å². The first-order valence-corrected chi connectivity index (χ1v) is 6.83. The fourth-order valence-electron chi connectivity index (χ4n) is 2.99. The van der Waals surface area contributed by atoms with Crippen LogP contribution in [0.3, 0.4) is 0 Å². The van der Waals surface area contributed by atoms with E-state index < -0.39 is 0 Å². The van der Waals surface area contributed by atoms with Crippen LogP contribution in [0.5, 0.6) is 0 Å². The molecular weight excluding hydrogens is 208 g/mol. The number of piperazine rings is 1. The molecule has 0 atom stereocenters. The van der Waals surface area contributed by atoms with E-state index in [0.717, 1.165) is 6.54 Å². The average molecular weight is 230 g/mol. The molecule has 1 aliphatic heterocycles. The SMILES string of the molecule is CN1CCN(Cc2ccc3c(c2)CCC3)CC1. The third kappa shape index (κ3) is 2.53. The maximum absolute atomic E-state index is 2.58. The zero-order valence-corrected chi connectivity index (χ0v) is 10.8. The molecule has 1 aromatic rings. The van der Waals surface area contributed by atoms with Crippen LogP contribution in [0.1, 0.15) is 23.1 Å². The zero-order valence-electron chi connectivity index (χ0n) is 10.8. The first-order chi connectivity index (χ1) is 8.31. The Labute approximate surface area is 104 Å². The summed E-state index contributed by atoms with van der Waals surface area (Å²) in [7, 11) is 2.22. The summed E-state index contributed by atoms with van der Waals surface area (Å²) in [6, 6.07) is 7.14. The quantitative estimate of drug-likeness (QED) is 0.766. The zero-order chi connectivity index (χ0) is 11.7. The Balaban J connectivity index is 1.65. The fraction of sp³-hybridized carbons (Fsp3) is 0.600. The number of aryl methyl sites for hydroxylation is 2. The third-order valence-corrected chi connectivity index (χ3v) is 4.16. The van der Waals surface area contributed by atoms with Gasteiger partial charge in [-0.3, -0.25) is 4.90 Å². The highest BCUT2D eigenvalue weighted by Gasteiger charge is 2.15. The second-order valence-corrected chi connectivity index (χ2v) is 5.54. The van der Waals surface area contributed by atoms with E-state index in [1.807, 2.05) is 0 Å². The molecule has 0 spiro atoms. The van der Waals surface area contributed by atoms with Gasteiger partial charge in [-0.1, -0.05) is 18.2 Å². The summed E-state index contributed by atoms with van der Waals surface area (Å²) in [5.74, 6) is 0. The summed E-state index contributed by atoms with van der Waals surface area (Å²) in [4.78, 5) is 5.00. The minimum Gasteiger partial charge on any atom is -0.304 e. The molecule has 1 aromatic carbocycles. The monoisotopic (exact) mass is 230 g/mol. The molecule has 0 N–H and O–H groups in total. The highest BCUT2D eigenvalue weighted by Crippen LogP contribution is 2.23. The summed E-state index contributed by atoms with van der Waals surface area (Å²) < 4.78 is 0. The van der Waals surface area contributed by atoms with Gasteiger partial charge in [0.25, 0.3) is 0 Å². The number of rotatable bonds is 2. The predicted molar refractivity (Wildman–Crippen MR) is 71.2 cm³/mol. The number of nitrogens with zero attached hydrogens (tertiary/aromatic N) is 2. The van der Waals surface area contributed by atoms with E-state index in [1.165, 1.54) is 51.0 Å². The van der Waals surface area contributed by atoms with E-state index >= 15 is 0 Å². The molecule has 0 amide bonds. The maximum atomic E-state index is 2.58. The van der Waals surface area contributed by atoms with Crippen LogP contribution in [0, 0.1) is 0 Å². The molecule has 1 saturated heterocycles. The van der Waals surface area contributed by atoms with Crippen LogP contribution < -0.4 is 0 Å². The van der Waals surface area contributed by atoms with Crippen LogP contribution >= 0.6 is 0 Å². The molecule has 2 heteroatoms. The summed E-state index contributed by atoms with van der Waals surface area (Å²) in [6.45, 7) is 6.00. The van der Waals surface area contributed by atoms with Gasteiger partial charge in [0.2, 0.25) is 0 Å². The van der Waals surface area contributed by atoms with Gasteiger partial charge in [0, 0.05) is 32.7 Å². The minimum atomic E-state index is 1.14. The first kappa shape index (κ1) is 11.2. The van der Waals surface area contributed by atoms with Crippen LogP contribution in [0.2, 0.25) is 0 Å². The minimum absolute atomic E-state index is 1.14. The maximum Gasteiger partial charge on any atom is 0.0234 e. The third-order valence-electron chi connectivity index (χ3n) is 4.16. The van der Waals surface area contributed by atoms with Gasteiger partial charge >= 0.3 is 0 Å². The van der Waals surface area contributed by atoms with Gasteiger partial charge in [-0.2, -0.15) is 0 Å². The van der Waals surface area contributed by atoms with E-state index in [2.05, 4.69) is 35.0 Å². The van der Waals surface area contributed by atoms with Gasteiger partial charge in [-0.05, 0) is 43.0 Å². The van der Waals surface area contributed by atoms with Crippen LogP contribution in [-0.4, -0.2) is 43.0 Å². The Morgan fingerprint density at radius 2 is 1.76 bits per heavy atom. The topological polar surface area (TPSA) is 6.48 Å². The van der Waals surface area contributed by atoms with Gasteiger partial charge in [0.15, 0.2) is 0 Å². The van der Waals surface area contributed by atoms with Crippen molar-refractivity contribution in [2.24, 2.45) is 0 Å². The molecule has 1 heterocycles. The molecular formula is C15H22N2. The van der Waals surface area contributed by atoms with Crippen LogP contribution in [-0.2, 0) is 19.4 Å². The normalized spacial score (nSPS) is 21.7. The number of likely N-dealkylation sites (N-methyl/N-ethyl adjacent to an activating group) is 1. The Kier molecular flexibility index (Phi) is 3.17. The molecule has 17 heavy (non-hydrogen) atoms. The van der Waals surface area contributed by atoms with Gasteiger partial charge in [0.1, 0.15) is 0 Å². The van der Waals surface area contributed by atoms with E-state index in [0.29, 0.717) is 0 Å². The molecule has 0 radical (unpaired) electrons. The first-order valence-electron chi connectivity index (χ1n) is 6.83. The summed E-state index contributed by atoms with van der Waals surface area (Å²) in [6.07, 6.45) is 3.95. The number of fused-ring (bicyclic) bond motifs is 1. The van der Waals surface area contributed by atoms with E-state index in [1.54, 1.807) is 11.1 Å². The van der Waals surface area contributed by atoms with Gasteiger partial charge in [-0.25, -0.2) is 0 Å². The molecule has 2 nitrogen and oxygen atoms in total. The Morgan fingerprint density at radius 3 is 2.59 bits per heavy atom. The molecule has 3 rings (SSSR count). The summed E-state index contributed by atoms with van der Waals surface area (Å²) in [5, 5.41) is 0. The van der Waals surface area contributed by atoms with Gasteiger partial charge in [-0.15, -0.1) is 0 Å². The van der Waals surface area contributed by atoms with Gasteiger partial charge < -0.3 is 4.90 Å². The molecule has 92 valence electrons. The van der Waals surface area contributed by atoms with Crippen LogP contribution in [0.25, 0.3) is 0 Å². The van der Waals surface area contributed by atoms with Crippen molar-refractivity contribution in [3.05, 3.63) is 34.9 Å². The average Bonchev–Trinajstić information content (AvgIpc) is 2.79. The Bertz CT molecular complexity index is 392. The lowest BCUT2D eigenvalue weighted by Gasteiger charge is -2.32. The van der Waals surface area contributed by atoms with Crippen LogP contribution in [0.15, 0.2) is 18.2 Å². The molecule has 0 aromatic heterocycles. The number of benzene rings is 1. The van der Waals surface area contributed by atoms with Crippen molar-refractivity contribution in [3.8, 4) is 0 Å². The lowest BCUT2D eigenvalue weighted by Crippen LogP contribution is -2.43. The smallest absolute Gasteiger partial charge is 0.0234 e. The number of hydrogen-bond acceptors (Lipinski definition) is 2. The van der Waals surface area contributed by atoms with Crippen molar-refractivity contribution >= 4 is 0 Å². The van der Waals surface area contributed by atoms with Crippen LogP contribution in [0.4, 0.5) is 0 Å². The molecule has 2 aliphatic rings. The van der Waals surface area contributed by atoms with Crippen molar-refractivity contribution in [3.63, 3.8) is 0 Å². The highest BCUT2D eigenvalue weighted by atomic mass is 15.2. The molecule has 0 bridgehead atoms. The lowest BCUT2D eigenvalue weighted by molar-refractivity contribution is 0.148. The van der Waals surface area contributed by atoms with Crippen molar-refractivity contribution in [2.45, 2.75) is 25.8 Å². The molecule has 0 unspecified atom stereocenters. The predicted octanol–water partition coefficient (Wildman–Crippen LogP) is 1.92. The van der Waals surface area contributed by atoms with E-state index in [-0.39, 0.29) is 0 Å². The van der Waals surface area contributed by atoms with Crippen molar-refractivity contribution in [1.82, 2.24) is 9.80 Å². The second-order valence-electron chi connectivity index (χ2n) is 5.54. The van der Waals surface area contributed by atoms with Crippen molar-refractivity contribution in [2.75, 3.05) is 33.2 Å². The highest BCUT2D eigenvalue weighted by molar-refractivity contribution is 5.35. The van der Waals surface area contributed by atoms with E-state index in [4.69, 9.17) is 0 Å². The Morgan fingerprint density at radius 1 is 1.00 bits per heavy atom. The molecule has 1 aliphatic carbocycles. The summed E-state index contributed by atoms with van der Waals surface area (Å²) in [5.41, 5.74) is 4.71. The standard InChI is InChI=1S/C15H22N2/c1-16-7-9-17(10-8-16)12-13-5-6-14-3-2-4-15(14)11-13/h5-6,11H,2-4,7-10,12H2,1H3. The van der Waals surface area contributed by atoms with E-state index in [9.17, 15) is 0 Å². The summed E-state index contributed by atoms with van der Waals surface area (Å²) >= 11 is 0. The lowest BCUT2D eigenvalue weighted by atomic mass is 10.1. The molecule has 0 saturated carbocycles. The fourth-order valence-corrected chi connectivity index (χ4v) is 2.99. The number of hydrogen-bond donors (Lipinski definition) is 0. The Hall–Kier alpha value is -0.860.